The maximum Gasteiger partial charge on any atom is 0.0518 e. The summed E-state index contributed by atoms with van der Waals surface area (Å²) in [6.45, 7) is 5.54. The van der Waals surface area contributed by atoms with Crippen molar-refractivity contribution in [2.24, 2.45) is 5.92 Å². The van der Waals surface area contributed by atoms with E-state index in [2.05, 4.69) is 23.5 Å². The number of rotatable bonds is 3. The molecule has 1 aliphatic rings. The Morgan fingerprint density at radius 1 is 1.67 bits per heavy atom. The number of hydrogen-bond acceptors (Lipinski definition) is 2. The zero-order chi connectivity index (χ0) is 8.39. The first-order valence-corrected chi connectivity index (χ1v) is 4.54. The fourth-order valence-electron chi connectivity index (χ4n) is 1.46. The molecular weight excluding hydrogens is 150 g/mol. The first kappa shape index (κ1) is 7.80. The van der Waals surface area contributed by atoms with Crippen LogP contribution in [0.4, 0.5) is 0 Å². The molecule has 0 unspecified atom stereocenters. The molecule has 0 saturated carbocycles. The first-order chi connectivity index (χ1) is 5.84. The van der Waals surface area contributed by atoms with Gasteiger partial charge in [0.25, 0.3) is 0 Å². The van der Waals surface area contributed by atoms with Gasteiger partial charge in [-0.05, 0) is 37.9 Å². The van der Waals surface area contributed by atoms with Crippen LogP contribution >= 0.6 is 0 Å². The number of nitrogens with zero attached hydrogens (tertiary/aromatic N) is 2. The predicted molar refractivity (Wildman–Crippen MR) is 47.9 cm³/mol. The van der Waals surface area contributed by atoms with Gasteiger partial charge in [-0.1, -0.05) is 0 Å². The molecule has 3 heteroatoms. The van der Waals surface area contributed by atoms with Gasteiger partial charge in [-0.25, -0.2) is 0 Å². The van der Waals surface area contributed by atoms with Crippen molar-refractivity contribution in [1.29, 1.82) is 0 Å². The molecule has 0 bridgehead atoms. The third-order valence-electron chi connectivity index (χ3n) is 2.39. The maximum atomic E-state index is 4.24. The van der Waals surface area contributed by atoms with Crippen molar-refractivity contribution >= 4 is 0 Å². The largest absolute Gasteiger partial charge is 0.316 e. The van der Waals surface area contributed by atoms with Gasteiger partial charge in [-0.3, -0.25) is 4.68 Å². The Bertz CT molecular complexity index is 250. The number of aromatic nitrogens is 2. The SMILES string of the molecule is Cc1cnn(CCC2CNC2)c1. The molecular formula is C9H15N3. The van der Waals surface area contributed by atoms with Crippen molar-refractivity contribution in [3.63, 3.8) is 0 Å². The molecule has 3 nitrogen and oxygen atoms in total. The lowest BCUT2D eigenvalue weighted by atomic mass is 10.00. The molecule has 1 fully saturated rings. The molecule has 12 heavy (non-hydrogen) atoms. The van der Waals surface area contributed by atoms with E-state index in [0.717, 1.165) is 12.5 Å². The van der Waals surface area contributed by atoms with Crippen molar-refractivity contribution < 1.29 is 0 Å². The smallest absolute Gasteiger partial charge is 0.0518 e. The summed E-state index contributed by atoms with van der Waals surface area (Å²) in [5.74, 6) is 0.884. The Labute approximate surface area is 72.8 Å². The second-order valence-corrected chi connectivity index (χ2v) is 3.59. The summed E-state index contributed by atoms with van der Waals surface area (Å²) in [5.41, 5.74) is 1.25. The summed E-state index contributed by atoms with van der Waals surface area (Å²) in [6, 6.07) is 0. The van der Waals surface area contributed by atoms with Crippen LogP contribution in [0.1, 0.15) is 12.0 Å². The average Bonchev–Trinajstić information content (AvgIpc) is 2.32. The van der Waals surface area contributed by atoms with Crippen LogP contribution in [-0.4, -0.2) is 22.9 Å². The summed E-state index contributed by atoms with van der Waals surface area (Å²) >= 11 is 0. The van der Waals surface area contributed by atoms with Crippen LogP contribution in [-0.2, 0) is 6.54 Å². The van der Waals surface area contributed by atoms with E-state index in [1.165, 1.54) is 25.1 Å². The van der Waals surface area contributed by atoms with Crippen LogP contribution in [0.25, 0.3) is 0 Å². The Morgan fingerprint density at radius 3 is 3.00 bits per heavy atom. The van der Waals surface area contributed by atoms with E-state index < -0.39 is 0 Å². The van der Waals surface area contributed by atoms with Gasteiger partial charge in [-0.2, -0.15) is 5.10 Å². The molecule has 2 heterocycles. The van der Waals surface area contributed by atoms with E-state index in [-0.39, 0.29) is 0 Å². The van der Waals surface area contributed by atoms with Crippen LogP contribution in [0.3, 0.4) is 0 Å². The van der Waals surface area contributed by atoms with E-state index in [1.54, 1.807) is 0 Å². The number of hydrogen-bond donors (Lipinski definition) is 1. The predicted octanol–water partition coefficient (Wildman–Crippen LogP) is 0.801. The number of aryl methyl sites for hydroxylation is 2. The van der Waals surface area contributed by atoms with Gasteiger partial charge in [-0.15, -0.1) is 0 Å². The topological polar surface area (TPSA) is 29.9 Å². The summed E-state index contributed by atoms with van der Waals surface area (Å²) in [4.78, 5) is 0. The molecule has 0 aromatic carbocycles. The van der Waals surface area contributed by atoms with Crippen LogP contribution in [0.5, 0.6) is 0 Å². The molecule has 1 saturated heterocycles. The van der Waals surface area contributed by atoms with Crippen molar-refractivity contribution in [3.8, 4) is 0 Å². The molecule has 1 aromatic heterocycles. The minimum atomic E-state index is 0.884. The minimum absolute atomic E-state index is 0.884. The third-order valence-corrected chi connectivity index (χ3v) is 2.39. The summed E-state index contributed by atoms with van der Waals surface area (Å²) in [5, 5.41) is 7.52. The van der Waals surface area contributed by atoms with Gasteiger partial charge in [0.15, 0.2) is 0 Å². The van der Waals surface area contributed by atoms with E-state index in [1.807, 2.05) is 10.9 Å². The molecule has 0 atom stereocenters. The van der Waals surface area contributed by atoms with Crippen molar-refractivity contribution in [3.05, 3.63) is 18.0 Å². The highest BCUT2D eigenvalue weighted by Crippen LogP contribution is 2.09. The highest BCUT2D eigenvalue weighted by atomic mass is 15.3. The molecule has 0 radical (unpaired) electrons. The third kappa shape index (κ3) is 1.67. The standard InChI is InChI=1S/C9H15N3/c1-8-4-11-12(7-8)3-2-9-5-10-6-9/h4,7,9-10H,2-3,5-6H2,1H3. The van der Waals surface area contributed by atoms with Gasteiger partial charge >= 0.3 is 0 Å². The average molecular weight is 165 g/mol. The molecule has 1 aromatic rings. The Morgan fingerprint density at radius 2 is 2.50 bits per heavy atom. The molecule has 1 N–H and O–H groups in total. The van der Waals surface area contributed by atoms with E-state index in [0.29, 0.717) is 0 Å². The molecule has 0 aliphatic carbocycles. The highest BCUT2D eigenvalue weighted by Gasteiger charge is 2.15. The van der Waals surface area contributed by atoms with Crippen LogP contribution in [0, 0.1) is 12.8 Å². The van der Waals surface area contributed by atoms with Crippen molar-refractivity contribution in [1.82, 2.24) is 15.1 Å². The van der Waals surface area contributed by atoms with Gasteiger partial charge < -0.3 is 5.32 Å². The van der Waals surface area contributed by atoms with Gasteiger partial charge in [0.2, 0.25) is 0 Å². The van der Waals surface area contributed by atoms with Crippen LogP contribution in [0.2, 0.25) is 0 Å². The Hall–Kier alpha value is -0.830. The van der Waals surface area contributed by atoms with Crippen molar-refractivity contribution in [2.75, 3.05) is 13.1 Å². The quantitative estimate of drug-likeness (QED) is 0.718. The van der Waals surface area contributed by atoms with E-state index >= 15 is 0 Å². The summed E-state index contributed by atoms with van der Waals surface area (Å²) < 4.78 is 2.04. The lowest BCUT2D eigenvalue weighted by Gasteiger charge is -2.26. The highest BCUT2D eigenvalue weighted by molar-refractivity contribution is 4.99. The molecule has 2 rings (SSSR count). The monoisotopic (exact) mass is 165 g/mol. The number of nitrogens with one attached hydrogen (secondary N) is 1. The van der Waals surface area contributed by atoms with Crippen LogP contribution in [0.15, 0.2) is 12.4 Å². The fraction of sp³-hybridized carbons (Fsp3) is 0.667. The van der Waals surface area contributed by atoms with Gasteiger partial charge in [0.05, 0.1) is 6.20 Å². The Balaban J connectivity index is 1.79. The Kier molecular flexibility index (Phi) is 2.13. The lowest BCUT2D eigenvalue weighted by Crippen LogP contribution is -2.42. The van der Waals surface area contributed by atoms with Gasteiger partial charge in [0, 0.05) is 12.7 Å². The first-order valence-electron chi connectivity index (χ1n) is 4.54. The zero-order valence-electron chi connectivity index (χ0n) is 7.45. The molecule has 66 valence electrons. The van der Waals surface area contributed by atoms with E-state index in [9.17, 15) is 0 Å². The molecule has 0 spiro atoms. The fourth-order valence-corrected chi connectivity index (χ4v) is 1.46. The summed E-state index contributed by atoms with van der Waals surface area (Å²) in [6.07, 6.45) is 5.28. The van der Waals surface area contributed by atoms with Gasteiger partial charge in [0.1, 0.15) is 0 Å². The minimum Gasteiger partial charge on any atom is -0.316 e. The second-order valence-electron chi connectivity index (χ2n) is 3.59. The maximum absolute atomic E-state index is 4.24. The zero-order valence-corrected chi connectivity index (χ0v) is 7.45. The van der Waals surface area contributed by atoms with E-state index in [4.69, 9.17) is 0 Å². The normalized spacial score (nSPS) is 17.8. The molecule has 0 amide bonds. The second kappa shape index (κ2) is 3.27. The summed E-state index contributed by atoms with van der Waals surface area (Å²) in [7, 11) is 0. The molecule has 1 aliphatic heterocycles. The van der Waals surface area contributed by atoms with Crippen LogP contribution < -0.4 is 5.32 Å². The lowest BCUT2D eigenvalue weighted by molar-refractivity contribution is 0.307. The van der Waals surface area contributed by atoms with Crippen molar-refractivity contribution in [2.45, 2.75) is 19.9 Å².